The van der Waals surface area contributed by atoms with E-state index in [1.807, 2.05) is 63.2 Å². The number of hydrogen-bond donors (Lipinski definition) is 0. The summed E-state index contributed by atoms with van der Waals surface area (Å²) < 4.78 is 0.998. The van der Waals surface area contributed by atoms with E-state index in [0.717, 1.165) is 21.3 Å². The quantitative estimate of drug-likeness (QED) is 0.387. The van der Waals surface area contributed by atoms with E-state index < -0.39 is 5.91 Å². The monoisotopic (exact) mass is 455 g/mol. The molecular weight excluding hydrogens is 434 g/mol. The number of thiazole rings is 1. The second kappa shape index (κ2) is 7.94. The number of hydrogen-bond acceptors (Lipinski definition) is 5. The van der Waals surface area contributed by atoms with Crippen molar-refractivity contribution >= 4 is 50.1 Å². The van der Waals surface area contributed by atoms with Crippen LogP contribution in [-0.2, 0) is 0 Å². The molecule has 33 heavy (non-hydrogen) atoms. The van der Waals surface area contributed by atoms with Gasteiger partial charge in [-0.15, -0.1) is 0 Å². The Morgan fingerprint density at radius 2 is 1.73 bits per heavy atom. The van der Waals surface area contributed by atoms with E-state index >= 15 is 0 Å². The zero-order valence-electron chi connectivity index (χ0n) is 18.5. The third kappa shape index (κ3) is 3.41. The van der Waals surface area contributed by atoms with Crippen LogP contribution < -0.4 is 9.80 Å². The highest BCUT2D eigenvalue weighted by molar-refractivity contribution is 7.22. The first-order chi connectivity index (χ1) is 15.9. The van der Waals surface area contributed by atoms with Gasteiger partial charge in [-0.3, -0.25) is 19.3 Å². The largest absolute Gasteiger partial charge is 0.284 e. The average Bonchev–Trinajstić information content (AvgIpc) is 3.34. The van der Waals surface area contributed by atoms with Crippen molar-refractivity contribution in [2.45, 2.75) is 20.8 Å². The number of amides is 3. The highest BCUT2D eigenvalue weighted by Crippen LogP contribution is 2.33. The summed E-state index contributed by atoms with van der Waals surface area (Å²) in [7, 11) is 0. The summed E-state index contributed by atoms with van der Waals surface area (Å²) in [6, 6.07) is 18.1. The molecule has 0 saturated carbocycles. The van der Waals surface area contributed by atoms with Crippen LogP contribution in [0.1, 0.15) is 49.1 Å². The first-order valence-corrected chi connectivity index (χ1v) is 11.5. The molecule has 5 rings (SSSR count). The van der Waals surface area contributed by atoms with Gasteiger partial charge in [-0.05, 0) is 68.3 Å². The lowest BCUT2D eigenvalue weighted by Crippen LogP contribution is -2.31. The Labute approximate surface area is 195 Å². The number of carbonyl (C=O) groups excluding carboxylic acids is 3. The number of rotatable bonds is 4. The third-order valence-corrected chi connectivity index (χ3v) is 6.87. The Bertz CT molecular complexity index is 1420. The number of imide groups is 1. The van der Waals surface area contributed by atoms with Crippen LogP contribution in [0.4, 0.5) is 10.8 Å². The van der Waals surface area contributed by atoms with Crippen LogP contribution in [0.15, 0.2) is 60.7 Å². The highest BCUT2D eigenvalue weighted by Gasteiger charge is 2.38. The molecular formula is C26H21N3O3S. The van der Waals surface area contributed by atoms with Crippen LogP contribution in [0.25, 0.3) is 10.2 Å². The number of aromatic nitrogens is 1. The van der Waals surface area contributed by atoms with Gasteiger partial charge >= 0.3 is 0 Å². The normalized spacial score (nSPS) is 13.0. The van der Waals surface area contributed by atoms with Crippen LogP contribution in [0.5, 0.6) is 0 Å². The van der Waals surface area contributed by atoms with Crippen molar-refractivity contribution < 1.29 is 14.4 Å². The maximum Gasteiger partial charge on any atom is 0.266 e. The molecule has 0 radical (unpaired) electrons. The van der Waals surface area contributed by atoms with Gasteiger partial charge in [0.25, 0.3) is 17.7 Å². The van der Waals surface area contributed by atoms with Crippen molar-refractivity contribution in [3.05, 3.63) is 88.5 Å². The average molecular weight is 456 g/mol. The van der Waals surface area contributed by atoms with E-state index in [1.54, 1.807) is 17.0 Å². The Morgan fingerprint density at radius 1 is 0.970 bits per heavy atom. The summed E-state index contributed by atoms with van der Waals surface area (Å²) in [6.07, 6.45) is 0. The molecule has 0 N–H and O–H groups in total. The minimum atomic E-state index is -0.415. The van der Waals surface area contributed by atoms with Crippen LogP contribution in [0.3, 0.4) is 0 Å². The number of aryl methyl sites for hydroxylation is 2. The number of carbonyl (C=O) groups is 3. The molecule has 0 fully saturated rings. The zero-order valence-corrected chi connectivity index (χ0v) is 19.3. The van der Waals surface area contributed by atoms with Crippen molar-refractivity contribution in [1.29, 1.82) is 0 Å². The number of para-hydroxylation sites is 1. The summed E-state index contributed by atoms with van der Waals surface area (Å²) in [5.74, 6) is -1.05. The summed E-state index contributed by atoms with van der Waals surface area (Å²) in [4.78, 5) is 47.1. The second-order valence-electron chi connectivity index (χ2n) is 8.01. The number of anilines is 2. The number of fused-ring (bicyclic) bond motifs is 2. The van der Waals surface area contributed by atoms with Crippen molar-refractivity contribution in [3.8, 4) is 0 Å². The molecule has 1 aliphatic rings. The minimum Gasteiger partial charge on any atom is -0.284 e. The van der Waals surface area contributed by atoms with Gasteiger partial charge in [0, 0.05) is 12.1 Å². The molecule has 1 aliphatic heterocycles. The van der Waals surface area contributed by atoms with E-state index in [-0.39, 0.29) is 17.4 Å². The molecule has 0 spiro atoms. The molecule has 0 aliphatic carbocycles. The topological polar surface area (TPSA) is 70.6 Å². The lowest BCUT2D eigenvalue weighted by atomic mass is 10.0. The molecule has 0 unspecified atom stereocenters. The molecule has 0 bridgehead atoms. The second-order valence-corrected chi connectivity index (χ2v) is 9.02. The van der Waals surface area contributed by atoms with Crippen LogP contribution in [-0.4, -0.2) is 29.3 Å². The molecule has 7 heteroatoms. The fourth-order valence-electron chi connectivity index (χ4n) is 4.05. The van der Waals surface area contributed by atoms with Gasteiger partial charge in [-0.1, -0.05) is 35.6 Å². The fraction of sp³-hybridized carbons (Fsp3) is 0.154. The van der Waals surface area contributed by atoms with Gasteiger partial charge in [0.1, 0.15) is 0 Å². The molecule has 3 aromatic carbocycles. The van der Waals surface area contributed by atoms with Crippen molar-refractivity contribution in [3.63, 3.8) is 0 Å². The van der Waals surface area contributed by atoms with E-state index in [9.17, 15) is 14.4 Å². The molecule has 6 nitrogen and oxygen atoms in total. The minimum absolute atomic E-state index is 0.243. The highest BCUT2D eigenvalue weighted by atomic mass is 32.1. The van der Waals surface area contributed by atoms with E-state index in [2.05, 4.69) is 4.98 Å². The number of benzene rings is 3. The molecule has 0 atom stereocenters. The zero-order chi connectivity index (χ0) is 23.3. The lowest BCUT2D eigenvalue weighted by molar-refractivity contribution is 0.0924. The maximum absolute atomic E-state index is 13.4. The summed E-state index contributed by atoms with van der Waals surface area (Å²) in [6.45, 7) is 6.09. The molecule has 4 aromatic rings. The Balaban J connectivity index is 1.51. The van der Waals surface area contributed by atoms with Crippen LogP contribution in [0.2, 0.25) is 0 Å². The predicted molar refractivity (Wildman–Crippen MR) is 130 cm³/mol. The summed E-state index contributed by atoms with van der Waals surface area (Å²) in [5, 5.41) is 0.601. The maximum atomic E-state index is 13.4. The first-order valence-electron chi connectivity index (χ1n) is 10.7. The predicted octanol–water partition coefficient (Wildman–Crippen LogP) is 5.38. The van der Waals surface area contributed by atoms with E-state index in [1.165, 1.54) is 22.3 Å². The van der Waals surface area contributed by atoms with Gasteiger partial charge in [0.05, 0.1) is 27.0 Å². The van der Waals surface area contributed by atoms with Crippen LogP contribution in [0, 0.1) is 13.8 Å². The first kappa shape index (κ1) is 21.0. The SMILES string of the molecule is CCN(C(=O)c1ccc2c(c1)C(=O)N(c1cc(C)ccc1C)C2=O)c1nc2ccccc2s1. The molecule has 2 heterocycles. The molecule has 3 amide bonds. The fourth-order valence-corrected chi connectivity index (χ4v) is 5.08. The third-order valence-electron chi connectivity index (χ3n) is 5.81. The standard InChI is InChI=1S/C26H21N3O3S/c1-4-28(26-27-20-7-5-6-8-22(20)33-26)23(30)17-11-12-18-19(14-17)25(32)29(24(18)31)21-13-15(2)9-10-16(21)3/h5-14H,4H2,1-3H3. The van der Waals surface area contributed by atoms with E-state index in [4.69, 9.17) is 0 Å². The van der Waals surface area contributed by atoms with E-state index in [0.29, 0.717) is 28.5 Å². The van der Waals surface area contributed by atoms with Crippen molar-refractivity contribution in [1.82, 2.24) is 4.98 Å². The molecule has 1 aromatic heterocycles. The van der Waals surface area contributed by atoms with Gasteiger partial charge in [0.2, 0.25) is 0 Å². The lowest BCUT2D eigenvalue weighted by Gasteiger charge is -2.18. The molecule has 164 valence electrons. The Kier molecular flexibility index (Phi) is 5.06. The smallest absolute Gasteiger partial charge is 0.266 e. The van der Waals surface area contributed by atoms with Crippen molar-refractivity contribution in [2.24, 2.45) is 0 Å². The number of nitrogens with zero attached hydrogens (tertiary/aromatic N) is 3. The summed E-state index contributed by atoms with van der Waals surface area (Å²) >= 11 is 1.44. The Hall–Kier alpha value is -3.84. The Morgan fingerprint density at radius 3 is 2.48 bits per heavy atom. The summed E-state index contributed by atoms with van der Waals surface area (Å²) in [5.41, 5.74) is 4.09. The van der Waals surface area contributed by atoms with Gasteiger partial charge in [-0.2, -0.15) is 0 Å². The van der Waals surface area contributed by atoms with Gasteiger partial charge < -0.3 is 0 Å². The van der Waals surface area contributed by atoms with Crippen molar-refractivity contribution in [2.75, 3.05) is 16.3 Å². The van der Waals surface area contributed by atoms with Crippen LogP contribution >= 0.6 is 11.3 Å². The molecule has 0 saturated heterocycles. The van der Waals surface area contributed by atoms with Gasteiger partial charge in [0.15, 0.2) is 5.13 Å². The van der Waals surface area contributed by atoms with Gasteiger partial charge in [-0.25, -0.2) is 9.88 Å².